The quantitative estimate of drug-likeness (QED) is 0.442. The number of ether oxygens (including phenoxy) is 1. The molecular weight excluding hydrogens is 430 g/mol. The first-order valence-corrected chi connectivity index (χ1v) is 10.5. The summed E-state index contributed by atoms with van der Waals surface area (Å²) in [4.78, 5) is 29.8. The zero-order valence-electron chi connectivity index (χ0n) is 17.3. The van der Waals surface area contributed by atoms with Gasteiger partial charge < -0.3 is 14.5 Å². The third-order valence-corrected chi connectivity index (χ3v) is 5.65. The highest BCUT2D eigenvalue weighted by Crippen LogP contribution is 2.31. The molecule has 162 valence electrons. The van der Waals surface area contributed by atoms with Crippen LogP contribution in [0.4, 0.5) is 5.82 Å². The van der Waals surface area contributed by atoms with Crippen LogP contribution in [0, 0.1) is 0 Å². The van der Waals surface area contributed by atoms with Gasteiger partial charge in [-0.25, -0.2) is 9.97 Å². The first kappa shape index (κ1) is 20.2. The maximum atomic E-state index is 13.1. The smallest absolute Gasteiger partial charge is 0.254 e. The predicted octanol–water partition coefficient (Wildman–Crippen LogP) is 2.81. The van der Waals surface area contributed by atoms with E-state index in [9.17, 15) is 4.79 Å². The average molecular weight is 450 g/mol. The topological polar surface area (TPSA) is 88.8 Å². The summed E-state index contributed by atoms with van der Waals surface area (Å²) in [5.41, 5.74) is 2.47. The van der Waals surface area contributed by atoms with Crippen LogP contribution in [0.1, 0.15) is 10.4 Å². The lowest BCUT2D eigenvalue weighted by atomic mass is 10.1. The van der Waals surface area contributed by atoms with Crippen LogP contribution >= 0.6 is 11.6 Å². The summed E-state index contributed by atoms with van der Waals surface area (Å²) in [7, 11) is 1.50. The normalized spacial score (nSPS) is 14.1. The molecule has 0 radical (unpaired) electrons. The largest absolute Gasteiger partial charge is 0.481 e. The van der Waals surface area contributed by atoms with Crippen LogP contribution in [0.2, 0.25) is 5.15 Å². The van der Waals surface area contributed by atoms with Crippen LogP contribution in [-0.4, -0.2) is 68.7 Å². The van der Waals surface area contributed by atoms with Gasteiger partial charge in [0.1, 0.15) is 17.3 Å². The van der Waals surface area contributed by atoms with Gasteiger partial charge in [0, 0.05) is 49.6 Å². The average Bonchev–Trinajstić information content (AvgIpc) is 3.32. The first-order chi connectivity index (χ1) is 15.6. The minimum absolute atomic E-state index is 0.101. The number of anilines is 1. The lowest BCUT2D eigenvalue weighted by molar-refractivity contribution is 0.0746. The molecular formula is C22H20ClN7O2. The molecule has 1 aliphatic heterocycles. The summed E-state index contributed by atoms with van der Waals surface area (Å²) in [5.74, 6) is 1.67. The number of halogens is 1. The van der Waals surface area contributed by atoms with Crippen molar-refractivity contribution in [3.63, 3.8) is 0 Å². The second-order valence-electron chi connectivity index (χ2n) is 7.33. The van der Waals surface area contributed by atoms with E-state index in [2.05, 4.69) is 25.0 Å². The SMILES string of the molecule is COc1cc(C(=O)N2CCN(c3c(-c4ccccc4)cnc4ncnn34)CC2)cc(Cl)n1. The van der Waals surface area contributed by atoms with Gasteiger partial charge in [0.2, 0.25) is 5.88 Å². The second-order valence-corrected chi connectivity index (χ2v) is 7.72. The highest BCUT2D eigenvalue weighted by atomic mass is 35.5. The zero-order valence-corrected chi connectivity index (χ0v) is 18.1. The number of carbonyl (C=O) groups is 1. The van der Waals surface area contributed by atoms with Crippen molar-refractivity contribution >= 4 is 29.1 Å². The monoisotopic (exact) mass is 449 g/mol. The Kier molecular flexibility index (Phi) is 5.32. The second kappa shape index (κ2) is 8.43. The molecule has 0 bridgehead atoms. The van der Waals surface area contributed by atoms with Crippen molar-refractivity contribution in [2.24, 2.45) is 0 Å². The van der Waals surface area contributed by atoms with Gasteiger partial charge >= 0.3 is 0 Å². The molecule has 0 saturated carbocycles. The van der Waals surface area contributed by atoms with Gasteiger partial charge in [0.05, 0.1) is 7.11 Å². The van der Waals surface area contributed by atoms with Crippen molar-refractivity contribution in [1.29, 1.82) is 0 Å². The summed E-state index contributed by atoms with van der Waals surface area (Å²) < 4.78 is 6.90. The summed E-state index contributed by atoms with van der Waals surface area (Å²) >= 11 is 6.04. The highest BCUT2D eigenvalue weighted by Gasteiger charge is 2.26. The molecule has 1 aliphatic rings. The molecule has 3 aromatic heterocycles. The van der Waals surface area contributed by atoms with Crippen LogP contribution in [0.25, 0.3) is 16.9 Å². The van der Waals surface area contributed by atoms with Crippen molar-refractivity contribution in [3.8, 4) is 17.0 Å². The van der Waals surface area contributed by atoms with E-state index in [0.717, 1.165) is 16.9 Å². The third kappa shape index (κ3) is 3.71. The summed E-state index contributed by atoms with van der Waals surface area (Å²) in [6.45, 7) is 2.38. The van der Waals surface area contributed by atoms with Crippen molar-refractivity contribution in [3.05, 3.63) is 65.7 Å². The molecule has 0 N–H and O–H groups in total. The minimum atomic E-state index is -0.101. The Bertz CT molecular complexity index is 1270. The number of pyridine rings is 1. The van der Waals surface area contributed by atoms with Crippen LogP contribution in [0.3, 0.4) is 0 Å². The van der Waals surface area contributed by atoms with E-state index in [-0.39, 0.29) is 11.1 Å². The van der Waals surface area contributed by atoms with E-state index in [1.165, 1.54) is 13.4 Å². The molecule has 0 aliphatic carbocycles. The molecule has 4 aromatic rings. The Hall–Kier alpha value is -3.72. The zero-order chi connectivity index (χ0) is 22.1. The van der Waals surface area contributed by atoms with Gasteiger partial charge in [-0.3, -0.25) is 4.79 Å². The van der Waals surface area contributed by atoms with Crippen molar-refractivity contribution in [1.82, 2.24) is 29.5 Å². The highest BCUT2D eigenvalue weighted by molar-refractivity contribution is 6.29. The van der Waals surface area contributed by atoms with E-state index in [1.807, 2.05) is 41.4 Å². The third-order valence-electron chi connectivity index (χ3n) is 5.46. The fourth-order valence-corrected chi connectivity index (χ4v) is 4.10. The van der Waals surface area contributed by atoms with E-state index in [4.69, 9.17) is 16.3 Å². The maximum Gasteiger partial charge on any atom is 0.254 e. The van der Waals surface area contributed by atoms with Crippen LogP contribution < -0.4 is 9.64 Å². The van der Waals surface area contributed by atoms with Crippen molar-refractivity contribution in [2.75, 3.05) is 38.2 Å². The summed E-state index contributed by atoms with van der Waals surface area (Å²) in [6.07, 6.45) is 3.33. The molecule has 5 rings (SSSR count). The molecule has 0 unspecified atom stereocenters. The van der Waals surface area contributed by atoms with Gasteiger partial charge in [-0.15, -0.1) is 0 Å². The summed E-state index contributed by atoms with van der Waals surface area (Å²) in [6, 6.07) is 13.2. The van der Waals surface area contributed by atoms with Gasteiger partial charge in [0.15, 0.2) is 0 Å². The fraction of sp³-hybridized carbons (Fsp3) is 0.227. The van der Waals surface area contributed by atoms with Gasteiger partial charge in [-0.2, -0.15) is 14.6 Å². The molecule has 4 heterocycles. The Balaban J connectivity index is 1.42. The minimum Gasteiger partial charge on any atom is -0.481 e. The Morgan fingerprint density at radius 3 is 2.59 bits per heavy atom. The molecule has 0 atom stereocenters. The number of hydrogen-bond donors (Lipinski definition) is 0. The number of nitrogens with zero attached hydrogens (tertiary/aromatic N) is 7. The molecule has 9 nitrogen and oxygen atoms in total. The lowest BCUT2D eigenvalue weighted by Gasteiger charge is -2.36. The maximum absolute atomic E-state index is 13.1. The van der Waals surface area contributed by atoms with E-state index in [0.29, 0.717) is 43.4 Å². The number of hydrogen-bond acceptors (Lipinski definition) is 7. The molecule has 0 spiro atoms. The number of rotatable bonds is 4. The Morgan fingerprint density at radius 1 is 1.06 bits per heavy atom. The molecule has 10 heteroatoms. The van der Waals surface area contributed by atoms with E-state index in [1.54, 1.807) is 16.6 Å². The number of benzene rings is 1. The Labute approximate surface area is 189 Å². The number of carbonyl (C=O) groups excluding carboxylic acids is 1. The lowest BCUT2D eigenvalue weighted by Crippen LogP contribution is -2.49. The van der Waals surface area contributed by atoms with Crippen molar-refractivity contribution < 1.29 is 9.53 Å². The number of methoxy groups -OCH3 is 1. The van der Waals surface area contributed by atoms with Crippen LogP contribution in [0.5, 0.6) is 5.88 Å². The van der Waals surface area contributed by atoms with Gasteiger partial charge in [-0.05, 0) is 11.6 Å². The van der Waals surface area contributed by atoms with Crippen LogP contribution in [0.15, 0.2) is 55.0 Å². The molecule has 1 saturated heterocycles. The van der Waals surface area contributed by atoms with Gasteiger partial charge in [0.25, 0.3) is 11.7 Å². The number of amides is 1. The van der Waals surface area contributed by atoms with Crippen LogP contribution in [-0.2, 0) is 0 Å². The van der Waals surface area contributed by atoms with Gasteiger partial charge in [-0.1, -0.05) is 41.9 Å². The fourth-order valence-electron chi connectivity index (χ4n) is 3.90. The predicted molar refractivity (Wildman–Crippen MR) is 120 cm³/mol. The van der Waals surface area contributed by atoms with E-state index >= 15 is 0 Å². The van der Waals surface area contributed by atoms with Crippen molar-refractivity contribution in [2.45, 2.75) is 0 Å². The summed E-state index contributed by atoms with van der Waals surface area (Å²) in [5, 5.41) is 4.62. The number of aromatic nitrogens is 5. The number of piperazine rings is 1. The van der Waals surface area contributed by atoms with E-state index < -0.39 is 0 Å². The first-order valence-electron chi connectivity index (χ1n) is 10.1. The Morgan fingerprint density at radius 2 is 1.84 bits per heavy atom. The molecule has 1 fully saturated rings. The molecule has 1 aromatic carbocycles. The molecule has 1 amide bonds. The number of fused-ring (bicyclic) bond motifs is 1. The standard InChI is InChI=1S/C22H20ClN7O2/c1-32-19-12-16(11-18(23)27-19)21(31)29-9-7-28(8-10-29)20-17(15-5-3-2-4-6-15)13-24-22-25-14-26-30(20)22/h2-6,11-14H,7-10H2,1H3. The molecule has 32 heavy (non-hydrogen) atoms.